The molecule has 1 aromatic heterocycles. The number of pyridine rings is 1. The summed E-state index contributed by atoms with van der Waals surface area (Å²) >= 11 is 0. The smallest absolute Gasteiger partial charge is 0.290 e. The number of nitrogens with zero attached hydrogens (tertiary/aromatic N) is 1. The first-order valence-electron chi connectivity index (χ1n) is 9.45. The predicted molar refractivity (Wildman–Crippen MR) is 108 cm³/mol. The van der Waals surface area contributed by atoms with Gasteiger partial charge in [-0.05, 0) is 37.0 Å². The second-order valence-electron chi connectivity index (χ2n) is 7.47. The molecule has 0 aliphatic heterocycles. The highest BCUT2D eigenvalue weighted by molar-refractivity contribution is 7.93. The Balaban J connectivity index is 1.96. The molecule has 0 spiro atoms. The number of carbonyl (C=O) groups excluding carboxylic acids is 1. The third kappa shape index (κ3) is 6.30. The van der Waals surface area contributed by atoms with E-state index in [1.165, 1.54) is 18.2 Å². The van der Waals surface area contributed by atoms with Crippen LogP contribution in [0.25, 0.3) is 0 Å². The minimum absolute atomic E-state index is 0.0255. The number of carbonyl (C=O) groups is 1. The molecule has 1 fully saturated rings. The number of hydrogen-bond acceptors (Lipinski definition) is 5. The third-order valence-electron chi connectivity index (χ3n) is 4.52. The van der Waals surface area contributed by atoms with Crippen LogP contribution >= 0.6 is 0 Å². The molecule has 31 heavy (non-hydrogen) atoms. The molecule has 0 bridgehead atoms. The van der Waals surface area contributed by atoms with Crippen LogP contribution in [0.15, 0.2) is 47.9 Å². The van der Waals surface area contributed by atoms with Crippen molar-refractivity contribution in [2.75, 3.05) is 6.26 Å². The molecule has 1 atom stereocenters. The number of sulfone groups is 1. The number of nitrogens with one attached hydrogen (secondary N) is 1. The summed E-state index contributed by atoms with van der Waals surface area (Å²) in [5.74, 6) is -6.01. The Bertz CT molecular complexity index is 1100. The number of rotatable bonds is 8. The summed E-state index contributed by atoms with van der Waals surface area (Å²) in [4.78, 5) is 16.5. The average molecular weight is 454 g/mol. The number of benzene rings is 1. The van der Waals surface area contributed by atoms with Gasteiger partial charge in [0, 0.05) is 18.6 Å². The van der Waals surface area contributed by atoms with E-state index in [0.29, 0.717) is 13.0 Å². The Hall–Kier alpha value is -2.88. The number of hydrogen-bond donors (Lipinski definition) is 1. The lowest BCUT2D eigenvalue weighted by Crippen LogP contribution is -2.35. The summed E-state index contributed by atoms with van der Waals surface area (Å²) in [6, 6.07) is 8.05. The minimum atomic E-state index is -3.59. The maximum absolute atomic E-state index is 14.4. The molecule has 1 aliphatic carbocycles. The van der Waals surface area contributed by atoms with E-state index in [4.69, 9.17) is 4.74 Å². The molecule has 1 aromatic carbocycles. The van der Waals surface area contributed by atoms with Crippen LogP contribution in [0.1, 0.15) is 35.8 Å². The Morgan fingerprint density at radius 3 is 2.48 bits per heavy atom. The highest BCUT2D eigenvalue weighted by atomic mass is 32.2. The zero-order valence-electron chi connectivity index (χ0n) is 16.8. The zero-order valence-corrected chi connectivity index (χ0v) is 17.6. The molecule has 1 aliphatic rings. The van der Waals surface area contributed by atoms with Crippen molar-refractivity contribution in [3.63, 3.8) is 0 Å². The lowest BCUT2D eigenvalue weighted by atomic mass is 10.1. The Morgan fingerprint density at radius 1 is 1.29 bits per heavy atom. The Morgan fingerprint density at radius 2 is 1.94 bits per heavy atom. The molecule has 1 saturated carbocycles. The highest BCUT2D eigenvalue weighted by Gasteiger charge is 2.35. The normalized spacial score (nSPS) is 15.6. The minimum Gasteiger partial charge on any atom is -0.438 e. The van der Waals surface area contributed by atoms with E-state index in [1.807, 2.05) is 0 Å². The van der Waals surface area contributed by atoms with Crippen molar-refractivity contribution < 1.29 is 31.1 Å². The van der Waals surface area contributed by atoms with Crippen LogP contribution in [-0.4, -0.2) is 31.6 Å². The van der Waals surface area contributed by atoms with Crippen molar-refractivity contribution in [3.05, 3.63) is 65.0 Å². The van der Waals surface area contributed by atoms with Gasteiger partial charge in [-0.15, -0.1) is 0 Å². The van der Waals surface area contributed by atoms with Gasteiger partial charge in [0.15, 0.2) is 15.7 Å². The highest BCUT2D eigenvalue weighted by Crippen LogP contribution is 2.35. The molecule has 1 heterocycles. The van der Waals surface area contributed by atoms with E-state index < -0.39 is 45.1 Å². The van der Waals surface area contributed by atoms with Gasteiger partial charge in [-0.1, -0.05) is 24.3 Å². The third-order valence-corrected chi connectivity index (χ3v) is 5.17. The average Bonchev–Trinajstić information content (AvgIpc) is 3.50. The first-order chi connectivity index (χ1) is 14.4. The number of halogens is 3. The van der Waals surface area contributed by atoms with Crippen LogP contribution in [0.4, 0.5) is 13.2 Å². The molecule has 166 valence electrons. The lowest BCUT2D eigenvalue weighted by Gasteiger charge is -2.18. The summed E-state index contributed by atoms with van der Waals surface area (Å²) in [6.45, 7) is 0.490. The fourth-order valence-corrected chi connectivity index (χ4v) is 3.31. The molecular weight excluding hydrogens is 433 g/mol. The SMILES string of the molecule is CC(F)(F)c1nc(Oc2ccccc2)c(C(=O)NC(/C=C/S(C)(=O)=O)C2CC2)cc1F. The molecule has 2 aromatic rings. The fraction of sp³-hybridized carbons (Fsp3) is 0.333. The number of para-hydroxylation sites is 1. The van der Waals surface area contributed by atoms with Crippen LogP contribution in [0, 0.1) is 11.7 Å². The van der Waals surface area contributed by atoms with Gasteiger partial charge in [-0.25, -0.2) is 17.8 Å². The van der Waals surface area contributed by atoms with Crippen molar-refractivity contribution in [2.24, 2.45) is 5.92 Å². The summed E-state index contributed by atoms with van der Waals surface area (Å²) in [7, 11) is -3.42. The second-order valence-corrected chi connectivity index (χ2v) is 9.40. The zero-order chi connectivity index (χ0) is 22.8. The molecule has 0 saturated heterocycles. The van der Waals surface area contributed by atoms with Gasteiger partial charge in [-0.3, -0.25) is 4.79 Å². The molecule has 1 amide bonds. The van der Waals surface area contributed by atoms with Gasteiger partial charge in [0.25, 0.3) is 11.8 Å². The number of amides is 1. The van der Waals surface area contributed by atoms with Gasteiger partial charge in [0.2, 0.25) is 5.88 Å². The van der Waals surface area contributed by atoms with Crippen LogP contribution < -0.4 is 10.1 Å². The molecule has 10 heteroatoms. The fourth-order valence-electron chi connectivity index (χ4n) is 2.86. The van der Waals surface area contributed by atoms with E-state index >= 15 is 0 Å². The van der Waals surface area contributed by atoms with Gasteiger partial charge in [-0.2, -0.15) is 8.78 Å². The monoisotopic (exact) mass is 454 g/mol. The van der Waals surface area contributed by atoms with Gasteiger partial charge < -0.3 is 10.1 Å². The largest absolute Gasteiger partial charge is 0.438 e. The standard InChI is InChI=1S/C21H21F3N2O4S/c1-21(23,24)18-16(22)12-15(20(26-18)30-14-6-4-3-5-7-14)19(27)25-17(13-8-9-13)10-11-31(2,28)29/h3-7,10-13,17H,8-9H2,1-2H3,(H,25,27)/b11-10+. The van der Waals surface area contributed by atoms with Crippen molar-refractivity contribution >= 4 is 15.7 Å². The molecule has 1 N–H and O–H groups in total. The van der Waals surface area contributed by atoms with E-state index in [0.717, 1.165) is 24.5 Å². The van der Waals surface area contributed by atoms with Crippen molar-refractivity contribution in [3.8, 4) is 11.6 Å². The molecule has 1 unspecified atom stereocenters. The summed E-state index contributed by atoms with van der Waals surface area (Å²) < 4.78 is 70.3. The lowest BCUT2D eigenvalue weighted by molar-refractivity contribution is 0.00818. The Kier molecular flexibility index (Phi) is 6.40. The first-order valence-corrected chi connectivity index (χ1v) is 11.4. The summed E-state index contributed by atoms with van der Waals surface area (Å²) in [5, 5.41) is 3.60. The van der Waals surface area contributed by atoms with Crippen molar-refractivity contribution in [2.45, 2.75) is 31.7 Å². The second kappa shape index (κ2) is 8.70. The summed E-state index contributed by atoms with van der Waals surface area (Å²) in [5.41, 5.74) is -1.53. The maximum Gasteiger partial charge on any atom is 0.290 e. The van der Waals surface area contributed by atoms with Crippen LogP contribution in [-0.2, 0) is 15.8 Å². The molecule has 6 nitrogen and oxygen atoms in total. The Labute approximate surface area is 178 Å². The maximum atomic E-state index is 14.4. The van der Waals surface area contributed by atoms with E-state index in [9.17, 15) is 26.4 Å². The number of ether oxygens (including phenoxy) is 1. The van der Waals surface area contributed by atoms with Crippen molar-refractivity contribution in [1.29, 1.82) is 0 Å². The van der Waals surface area contributed by atoms with Gasteiger partial charge in [0.1, 0.15) is 17.0 Å². The topological polar surface area (TPSA) is 85.4 Å². The van der Waals surface area contributed by atoms with E-state index in [2.05, 4.69) is 10.3 Å². The van der Waals surface area contributed by atoms with E-state index in [1.54, 1.807) is 18.2 Å². The van der Waals surface area contributed by atoms with Crippen LogP contribution in [0.2, 0.25) is 0 Å². The van der Waals surface area contributed by atoms with Crippen molar-refractivity contribution in [1.82, 2.24) is 10.3 Å². The van der Waals surface area contributed by atoms with E-state index in [-0.39, 0.29) is 17.2 Å². The first kappa shape index (κ1) is 22.8. The predicted octanol–water partition coefficient (Wildman–Crippen LogP) is 4.19. The van der Waals surface area contributed by atoms with Crippen LogP contribution in [0.5, 0.6) is 11.6 Å². The quantitative estimate of drug-likeness (QED) is 0.647. The van der Waals surface area contributed by atoms with Gasteiger partial charge >= 0.3 is 0 Å². The molecule has 3 rings (SSSR count). The number of alkyl halides is 2. The number of aromatic nitrogens is 1. The van der Waals surface area contributed by atoms with Crippen LogP contribution in [0.3, 0.4) is 0 Å². The molecule has 0 radical (unpaired) electrons. The summed E-state index contributed by atoms with van der Waals surface area (Å²) in [6.07, 6.45) is 3.92. The van der Waals surface area contributed by atoms with Gasteiger partial charge in [0.05, 0.1) is 6.04 Å². The molecular formula is C21H21F3N2O4S.